The summed E-state index contributed by atoms with van der Waals surface area (Å²) in [4.78, 5) is 0. The van der Waals surface area contributed by atoms with Crippen molar-refractivity contribution >= 4 is 15.9 Å². The fourth-order valence-corrected chi connectivity index (χ4v) is 3.08. The second-order valence-electron chi connectivity index (χ2n) is 5.51. The first-order valence-electron chi connectivity index (χ1n) is 5.97. The first kappa shape index (κ1) is 13.8. The number of hydrogen-bond donors (Lipinski definition) is 0. The van der Waals surface area contributed by atoms with Crippen molar-refractivity contribution in [2.45, 2.75) is 47.6 Å². The number of aromatic nitrogens is 2. The van der Waals surface area contributed by atoms with E-state index < -0.39 is 0 Å². The van der Waals surface area contributed by atoms with E-state index in [1.165, 1.54) is 5.69 Å². The molecule has 0 saturated heterocycles. The Kier molecular flexibility index (Phi) is 4.60. The molecule has 16 heavy (non-hydrogen) atoms. The van der Waals surface area contributed by atoms with Crippen LogP contribution in [0.2, 0.25) is 0 Å². The Balaban J connectivity index is 2.85. The first-order chi connectivity index (χ1) is 7.38. The van der Waals surface area contributed by atoms with Gasteiger partial charge in [0.15, 0.2) is 0 Å². The lowest BCUT2D eigenvalue weighted by molar-refractivity contribution is 0.262. The van der Waals surface area contributed by atoms with Crippen LogP contribution in [0.4, 0.5) is 0 Å². The highest BCUT2D eigenvalue weighted by atomic mass is 79.9. The van der Waals surface area contributed by atoms with E-state index in [4.69, 9.17) is 0 Å². The van der Waals surface area contributed by atoms with E-state index in [1.54, 1.807) is 0 Å². The average Bonchev–Trinajstić information content (AvgIpc) is 2.53. The molecule has 92 valence electrons. The molecule has 0 N–H and O–H groups in total. The van der Waals surface area contributed by atoms with Crippen LogP contribution in [0, 0.1) is 18.3 Å². The van der Waals surface area contributed by atoms with Gasteiger partial charge in [-0.15, -0.1) is 0 Å². The molecule has 0 aliphatic carbocycles. The molecule has 0 amide bonds. The second kappa shape index (κ2) is 5.35. The predicted molar refractivity (Wildman–Crippen MR) is 73.1 cm³/mol. The topological polar surface area (TPSA) is 17.8 Å². The van der Waals surface area contributed by atoms with E-state index in [0.717, 1.165) is 24.0 Å². The van der Waals surface area contributed by atoms with Gasteiger partial charge in [-0.3, -0.25) is 4.68 Å². The highest BCUT2D eigenvalue weighted by Gasteiger charge is 2.25. The van der Waals surface area contributed by atoms with Crippen molar-refractivity contribution in [3.63, 3.8) is 0 Å². The van der Waals surface area contributed by atoms with Crippen LogP contribution in [0.3, 0.4) is 0 Å². The standard InChI is InChI=1S/C13H23BrN2/c1-6-16-12(7-10(2)15-16)8-11(9-14)13(3,4)5/h7,11H,6,8-9H2,1-5H3. The van der Waals surface area contributed by atoms with Gasteiger partial charge >= 0.3 is 0 Å². The predicted octanol–water partition coefficient (Wildman–Crippen LogP) is 3.81. The molecule has 1 atom stereocenters. The van der Waals surface area contributed by atoms with Gasteiger partial charge in [0, 0.05) is 17.6 Å². The number of rotatable bonds is 4. The van der Waals surface area contributed by atoms with Crippen LogP contribution >= 0.6 is 15.9 Å². The smallest absolute Gasteiger partial charge is 0.0596 e. The molecule has 0 radical (unpaired) electrons. The molecule has 0 spiro atoms. The fourth-order valence-electron chi connectivity index (χ4n) is 1.88. The Morgan fingerprint density at radius 3 is 2.50 bits per heavy atom. The van der Waals surface area contributed by atoms with E-state index in [2.05, 4.69) is 66.4 Å². The minimum Gasteiger partial charge on any atom is -0.270 e. The summed E-state index contributed by atoms with van der Waals surface area (Å²) in [5.74, 6) is 0.647. The van der Waals surface area contributed by atoms with Crippen LogP contribution in [0.25, 0.3) is 0 Å². The van der Waals surface area contributed by atoms with Crippen molar-refractivity contribution < 1.29 is 0 Å². The summed E-state index contributed by atoms with van der Waals surface area (Å²) < 4.78 is 2.12. The van der Waals surface area contributed by atoms with E-state index >= 15 is 0 Å². The van der Waals surface area contributed by atoms with Gasteiger partial charge in [0.25, 0.3) is 0 Å². The monoisotopic (exact) mass is 286 g/mol. The Hall–Kier alpha value is -0.310. The van der Waals surface area contributed by atoms with Gasteiger partial charge in [-0.1, -0.05) is 36.7 Å². The molecule has 0 fully saturated rings. The Morgan fingerprint density at radius 2 is 2.06 bits per heavy atom. The molecule has 0 saturated carbocycles. The van der Waals surface area contributed by atoms with Gasteiger partial charge in [-0.25, -0.2) is 0 Å². The summed E-state index contributed by atoms with van der Waals surface area (Å²) in [5, 5.41) is 5.55. The molecule has 0 bridgehead atoms. The van der Waals surface area contributed by atoms with Gasteiger partial charge in [0.1, 0.15) is 0 Å². The van der Waals surface area contributed by atoms with Gasteiger partial charge in [0.05, 0.1) is 5.69 Å². The minimum atomic E-state index is 0.334. The number of hydrogen-bond acceptors (Lipinski definition) is 1. The summed E-state index contributed by atoms with van der Waals surface area (Å²) in [7, 11) is 0. The molecule has 0 aliphatic rings. The quantitative estimate of drug-likeness (QED) is 0.770. The third kappa shape index (κ3) is 3.34. The lowest BCUT2D eigenvalue weighted by atomic mass is 9.79. The summed E-state index contributed by atoms with van der Waals surface area (Å²) >= 11 is 3.63. The van der Waals surface area contributed by atoms with E-state index in [9.17, 15) is 0 Å². The highest BCUT2D eigenvalue weighted by Crippen LogP contribution is 2.30. The summed E-state index contributed by atoms with van der Waals surface area (Å²) in [6, 6.07) is 2.21. The molecule has 0 aliphatic heterocycles. The van der Waals surface area contributed by atoms with Crippen LogP contribution in [-0.2, 0) is 13.0 Å². The Morgan fingerprint density at radius 1 is 1.44 bits per heavy atom. The van der Waals surface area contributed by atoms with Crippen LogP contribution < -0.4 is 0 Å². The zero-order valence-electron chi connectivity index (χ0n) is 11.0. The van der Waals surface area contributed by atoms with Crippen molar-refractivity contribution in [2.75, 3.05) is 5.33 Å². The van der Waals surface area contributed by atoms with Gasteiger partial charge in [-0.05, 0) is 37.7 Å². The van der Waals surface area contributed by atoms with Crippen LogP contribution in [0.1, 0.15) is 39.1 Å². The van der Waals surface area contributed by atoms with Crippen molar-refractivity contribution in [1.82, 2.24) is 9.78 Å². The van der Waals surface area contributed by atoms with Crippen molar-refractivity contribution in [3.8, 4) is 0 Å². The fraction of sp³-hybridized carbons (Fsp3) is 0.769. The Bertz CT molecular complexity index is 336. The van der Waals surface area contributed by atoms with Crippen LogP contribution in [-0.4, -0.2) is 15.1 Å². The minimum absolute atomic E-state index is 0.334. The van der Waals surface area contributed by atoms with E-state index in [0.29, 0.717) is 11.3 Å². The summed E-state index contributed by atoms with van der Waals surface area (Å²) in [5.41, 5.74) is 2.82. The molecule has 2 nitrogen and oxygen atoms in total. The zero-order chi connectivity index (χ0) is 12.3. The van der Waals surface area contributed by atoms with Crippen molar-refractivity contribution in [2.24, 2.45) is 11.3 Å². The molecule has 1 aromatic rings. The van der Waals surface area contributed by atoms with Crippen molar-refractivity contribution in [3.05, 3.63) is 17.5 Å². The number of alkyl halides is 1. The van der Waals surface area contributed by atoms with Gasteiger partial charge in [0.2, 0.25) is 0 Å². The number of halogens is 1. The highest BCUT2D eigenvalue weighted by molar-refractivity contribution is 9.09. The average molecular weight is 287 g/mol. The van der Waals surface area contributed by atoms with Crippen LogP contribution in [0.5, 0.6) is 0 Å². The number of nitrogens with zero attached hydrogens (tertiary/aromatic N) is 2. The van der Waals surface area contributed by atoms with E-state index in [-0.39, 0.29) is 0 Å². The first-order valence-corrected chi connectivity index (χ1v) is 7.10. The van der Waals surface area contributed by atoms with Crippen molar-refractivity contribution in [1.29, 1.82) is 0 Å². The third-order valence-electron chi connectivity index (χ3n) is 3.15. The normalized spacial score (nSPS) is 14.1. The Labute approximate surface area is 108 Å². The number of aryl methyl sites for hydroxylation is 2. The SMILES string of the molecule is CCn1nc(C)cc1CC(CBr)C(C)(C)C. The second-order valence-corrected chi connectivity index (χ2v) is 6.16. The molecular weight excluding hydrogens is 264 g/mol. The molecule has 1 unspecified atom stereocenters. The molecule has 0 aromatic carbocycles. The molecule has 3 heteroatoms. The summed E-state index contributed by atoms with van der Waals surface area (Å²) in [6.07, 6.45) is 1.10. The molecule has 1 heterocycles. The lowest BCUT2D eigenvalue weighted by Gasteiger charge is -2.29. The maximum Gasteiger partial charge on any atom is 0.0596 e. The maximum atomic E-state index is 4.50. The lowest BCUT2D eigenvalue weighted by Crippen LogP contribution is -2.25. The molecule has 1 rings (SSSR count). The van der Waals surface area contributed by atoms with E-state index in [1.807, 2.05) is 0 Å². The molecular formula is C13H23BrN2. The van der Waals surface area contributed by atoms with Gasteiger partial charge in [-0.2, -0.15) is 5.10 Å². The third-order valence-corrected chi connectivity index (χ3v) is 3.93. The maximum absolute atomic E-state index is 4.50. The molecule has 1 aromatic heterocycles. The largest absolute Gasteiger partial charge is 0.270 e. The van der Waals surface area contributed by atoms with Gasteiger partial charge < -0.3 is 0 Å². The van der Waals surface area contributed by atoms with Crippen LogP contribution in [0.15, 0.2) is 6.07 Å². The zero-order valence-corrected chi connectivity index (χ0v) is 12.6. The summed E-state index contributed by atoms with van der Waals surface area (Å²) in [6.45, 7) is 12.1.